The Balaban J connectivity index is 2.09. The van der Waals surface area contributed by atoms with Crippen molar-refractivity contribution in [1.82, 2.24) is 19.8 Å². The number of aldehydes is 2. The molecule has 0 radical (unpaired) electrons. The second-order valence-electron chi connectivity index (χ2n) is 3.52. The number of carbonyl (C=O) groups excluding carboxylic acids is 2. The minimum absolute atomic E-state index is 0.178. The van der Waals surface area contributed by atoms with Crippen molar-refractivity contribution >= 4 is 28.9 Å². The van der Waals surface area contributed by atoms with Crippen LogP contribution in [0.1, 0.15) is 21.0 Å². The monoisotopic (exact) mass is 258 g/mol. The van der Waals surface area contributed by atoms with Crippen molar-refractivity contribution in [2.24, 2.45) is 0 Å². The summed E-state index contributed by atoms with van der Waals surface area (Å²) in [5, 5.41) is 12.5. The molecule has 0 atom stereocenters. The fourth-order valence-corrected chi connectivity index (χ4v) is 2.38. The summed E-state index contributed by atoms with van der Waals surface area (Å²) in [6, 6.07) is 7.03. The number of benzene rings is 1. The smallest absolute Gasteiger partial charge is 0.235 e. The standard InChI is InChI=1S/C11H6N4O2S/c16-5-7-1-3-8(4-2-7)10-14-15-9(6-17)12-13-11(15)18-10/h1-6H. The summed E-state index contributed by atoms with van der Waals surface area (Å²) < 4.78 is 1.40. The van der Waals surface area contributed by atoms with Gasteiger partial charge in [-0.3, -0.25) is 9.59 Å². The highest BCUT2D eigenvalue weighted by atomic mass is 32.1. The van der Waals surface area contributed by atoms with Gasteiger partial charge in [0.2, 0.25) is 10.8 Å². The number of aromatic nitrogens is 4. The number of hydrogen-bond donors (Lipinski definition) is 0. The van der Waals surface area contributed by atoms with Crippen LogP contribution in [0.25, 0.3) is 15.5 Å². The molecule has 0 spiro atoms. The van der Waals surface area contributed by atoms with Crippen LogP contribution in [0.3, 0.4) is 0 Å². The van der Waals surface area contributed by atoms with E-state index in [-0.39, 0.29) is 5.82 Å². The van der Waals surface area contributed by atoms with E-state index in [9.17, 15) is 9.59 Å². The van der Waals surface area contributed by atoms with Gasteiger partial charge in [0.05, 0.1) is 0 Å². The lowest BCUT2D eigenvalue weighted by Gasteiger charge is -1.94. The largest absolute Gasteiger partial charge is 0.298 e. The van der Waals surface area contributed by atoms with Gasteiger partial charge in [0.15, 0.2) is 6.29 Å². The predicted molar refractivity (Wildman–Crippen MR) is 64.9 cm³/mol. The van der Waals surface area contributed by atoms with Crippen LogP contribution in [0, 0.1) is 0 Å². The van der Waals surface area contributed by atoms with Gasteiger partial charge in [-0.15, -0.1) is 10.2 Å². The van der Waals surface area contributed by atoms with E-state index >= 15 is 0 Å². The third-order valence-corrected chi connectivity index (χ3v) is 3.36. The predicted octanol–water partition coefficient (Wildman–Crippen LogP) is 1.48. The first-order valence-electron chi connectivity index (χ1n) is 5.05. The lowest BCUT2D eigenvalue weighted by Crippen LogP contribution is -1.93. The van der Waals surface area contributed by atoms with Gasteiger partial charge in [-0.2, -0.15) is 9.61 Å². The highest BCUT2D eigenvalue weighted by molar-refractivity contribution is 7.19. The quantitative estimate of drug-likeness (QED) is 0.665. The van der Waals surface area contributed by atoms with Crippen LogP contribution in [0.5, 0.6) is 0 Å². The summed E-state index contributed by atoms with van der Waals surface area (Å²) in [6.07, 6.45) is 1.39. The van der Waals surface area contributed by atoms with Gasteiger partial charge >= 0.3 is 0 Å². The van der Waals surface area contributed by atoms with E-state index in [1.54, 1.807) is 24.3 Å². The Labute approximate surface area is 105 Å². The van der Waals surface area contributed by atoms with Crippen molar-refractivity contribution < 1.29 is 9.59 Å². The van der Waals surface area contributed by atoms with E-state index in [0.717, 1.165) is 16.9 Å². The number of rotatable bonds is 3. The fraction of sp³-hybridized carbons (Fsp3) is 0. The van der Waals surface area contributed by atoms with E-state index in [1.165, 1.54) is 15.9 Å². The summed E-state index contributed by atoms with van der Waals surface area (Å²) in [5.41, 5.74) is 1.48. The third-order valence-electron chi connectivity index (χ3n) is 2.41. The molecule has 0 saturated heterocycles. The first kappa shape index (κ1) is 10.7. The number of fused-ring (bicyclic) bond motifs is 1. The molecule has 0 fully saturated rings. The van der Waals surface area contributed by atoms with Crippen molar-refractivity contribution in [2.75, 3.05) is 0 Å². The van der Waals surface area contributed by atoms with Crippen molar-refractivity contribution in [2.45, 2.75) is 0 Å². The minimum Gasteiger partial charge on any atom is -0.298 e. The van der Waals surface area contributed by atoms with Crippen molar-refractivity contribution in [3.8, 4) is 10.6 Å². The zero-order chi connectivity index (χ0) is 12.5. The van der Waals surface area contributed by atoms with E-state index in [2.05, 4.69) is 15.3 Å². The Bertz CT molecular complexity index is 729. The lowest BCUT2D eigenvalue weighted by molar-refractivity contribution is 0.110. The molecule has 0 bridgehead atoms. The zero-order valence-electron chi connectivity index (χ0n) is 8.98. The van der Waals surface area contributed by atoms with Gasteiger partial charge in [0.25, 0.3) is 0 Å². The molecule has 0 saturated carbocycles. The Morgan fingerprint density at radius 2 is 1.83 bits per heavy atom. The highest BCUT2D eigenvalue weighted by Gasteiger charge is 2.11. The molecule has 1 aromatic carbocycles. The molecular weight excluding hydrogens is 252 g/mol. The first-order chi connectivity index (χ1) is 8.81. The molecule has 6 nitrogen and oxygen atoms in total. The Morgan fingerprint density at radius 1 is 1.06 bits per heavy atom. The average molecular weight is 258 g/mol. The summed E-state index contributed by atoms with van der Waals surface area (Å²) >= 11 is 1.33. The maximum atomic E-state index is 10.7. The summed E-state index contributed by atoms with van der Waals surface area (Å²) in [7, 11) is 0. The van der Waals surface area contributed by atoms with E-state index in [4.69, 9.17) is 0 Å². The Morgan fingerprint density at radius 3 is 2.50 bits per heavy atom. The SMILES string of the molecule is O=Cc1ccc(-c2nn3c(C=O)nnc3s2)cc1. The van der Waals surface area contributed by atoms with Gasteiger partial charge in [-0.05, 0) is 0 Å². The molecule has 3 aromatic rings. The lowest BCUT2D eigenvalue weighted by atomic mass is 10.2. The highest BCUT2D eigenvalue weighted by Crippen LogP contribution is 2.25. The van der Waals surface area contributed by atoms with Gasteiger partial charge in [0, 0.05) is 11.1 Å². The molecule has 0 N–H and O–H groups in total. The molecule has 0 aliphatic heterocycles. The molecule has 18 heavy (non-hydrogen) atoms. The third kappa shape index (κ3) is 1.61. The second-order valence-corrected chi connectivity index (χ2v) is 4.47. The van der Waals surface area contributed by atoms with E-state index in [0.29, 0.717) is 16.8 Å². The van der Waals surface area contributed by atoms with Crippen LogP contribution >= 0.6 is 11.3 Å². The van der Waals surface area contributed by atoms with Crippen LogP contribution in [-0.2, 0) is 0 Å². The van der Waals surface area contributed by atoms with E-state index < -0.39 is 0 Å². The molecule has 0 aliphatic carbocycles. The zero-order valence-corrected chi connectivity index (χ0v) is 9.79. The van der Waals surface area contributed by atoms with Crippen LogP contribution in [0.2, 0.25) is 0 Å². The maximum absolute atomic E-state index is 10.7. The summed E-state index contributed by atoms with van der Waals surface area (Å²) in [5.74, 6) is 0.178. The molecule has 0 aliphatic rings. The normalized spacial score (nSPS) is 10.7. The molecule has 3 rings (SSSR count). The average Bonchev–Trinajstić information content (AvgIpc) is 2.98. The molecule has 2 aromatic heterocycles. The molecule has 88 valence electrons. The van der Waals surface area contributed by atoms with Crippen LogP contribution in [0.15, 0.2) is 24.3 Å². The van der Waals surface area contributed by atoms with Crippen LogP contribution in [-0.4, -0.2) is 32.4 Å². The van der Waals surface area contributed by atoms with Gasteiger partial charge in [-0.25, -0.2) is 0 Å². The summed E-state index contributed by atoms with van der Waals surface area (Å²) in [6.45, 7) is 0. The Hall–Kier alpha value is -2.41. The van der Waals surface area contributed by atoms with E-state index in [1.807, 2.05) is 0 Å². The van der Waals surface area contributed by atoms with Gasteiger partial charge < -0.3 is 0 Å². The minimum atomic E-state index is 0.178. The Kier molecular flexibility index (Phi) is 2.45. The van der Waals surface area contributed by atoms with Crippen molar-refractivity contribution in [3.05, 3.63) is 35.7 Å². The number of carbonyl (C=O) groups is 2. The van der Waals surface area contributed by atoms with Crippen molar-refractivity contribution in [3.63, 3.8) is 0 Å². The van der Waals surface area contributed by atoms with Crippen LogP contribution < -0.4 is 0 Å². The van der Waals surface area contributed by atoms with Crippen molar-refractivity contribution in [1.29, 1.82) is 0 Å². The molecule has 2 heterocycles. The molecular formula is C11H6N4O2S. The number of nitrogens with zero attached hydrogens (tertiary/aromatic N) is 4. The number of hydrogen-bond acceptors (Lipinski definition) is 6. The molecule has 0 amide bonds. The second kappa shape index (κ2) is 4.11. The fourth-order valence-electron chi connectivity index (χ4n) is 1.53. The molecule has 7 heteroatoms. The molecule has 0 unspecified atom stereocenters. The summed E-state index contributed by atoms with van der Waals surface area (Å²) in [4.78, 5) is 21.8. The van der Waals surface area contributed by atoms with Crippen LogP contribution in [0.4, 0.5) is 0 Å². The van der Waals surface area contributed by atoms with Gasteiger partial charge in [-0.1, -0.05) is 35.6 Å². The first-order valence-corrected chi connectivity index (χ1v) is 5.86. The van der Waals surface area contributed by atoms with Gasteiger partial charge in [0.1, 0.15) is 11.3 Å². The topological polar surface area (TPSA) is 77.2 Å². The maximum Gasteiger partial charge on any atom is 0.235 e.